The topological polar surface area (TPSA) is 98.9 Å². The van der Waals surface area contributed by atoms with Crippen LogP contribution >= 0.6 is 11.3 Å². The van der Waals surface area contributed by atoms with E-state index in [-0.39, 0.29) is 10.8 Å². The van der Waals surface area contributed by atoms with Gasteiger partial charge in [-0.15, -0.1) is 0 Å². The van der Waals surface area contributed by atoms with Crippen molar-refractivity contribution in [3.63, 3.8) is 0 Å². The number of anilines is 1. The molecule has 2 N–H and O–H groups in total. The molecule has 1 aliphatic rings. The molecule has 0 saturated heterocycles. The summed E-state index contributed by atoms with van der Waals surface area (Å²) in [6, 6.07) is 2.27. The number of nitrogens with one attached hydrogen (secondary N) is 1. The third-order valence-electron chi connectivity index (χ3n) is 3.73. The van der Waals surface area contributed by atoms with Crippen molar-refractivity contribution < 1.29 is 5.11 Å². The second-order valence-corrected chi connectivity index (χ2v) is 6.95. The van der Waals surface area contributed by atoms with Gasteiger partial charge in [-0.05, 0) is 18.9 Å². The normalized spacial score (nSPS) is 16.2. The average Bonchev–Trinajstić information content (AvgIpc) is 3.16. The van der Waals surface area contributed by atoms with Gasteiger partial charge in [0.1, 0.15) is 5.82 Å². The maximum Gasteiger partial charge on any atom is 0.307 e. The Balaban J connectivity index is 1.99. The number of rotatable bonds is 3. The lowest BCUT2D eigenvalue weighted by atomic mass is 10.3. The molecule has 0 atom stereocenters. The maximum absolute atomic E-state index is 11.4. The molecule has 3 aromatic rings. The van der Waals surface area contributed by atoms with Crippen LogP contribution in [0.5, 0.6) is 5.88 Å². The Labute approximate surface area is 140 Å². The summed E-state index contributed by atoms with van der Waals surface area (Å²) in [5.74, 6) is 0.638. The zero-order valence-corrected chi connectivity index (χ0v) is 14.0. The van der Waals surface area contributed by atoms with Crippen molar-refractivity contribution in [2.75, 3.05) is 19.0 Å². The molecular formula is C15H16N6O2S. The number of H-pyrrole nitrogens is 1. The Hall–Kier alpha value is -2.68. The summed E-state index contributed by atoms with van der Waals surface area (Å²) in [5.41, 5.74) is 1.40. The van der Waals surface area contributed by atoms with Crippen LogP contribution in [-0.2, 0) is 0 Å². The van der Waals surface area contributed by atoms with Crippen molar-refractivity contribution in [2.45, 2.75) is 18.9 Å². The van der Waals surface area contributed by atoms with Crippen LogP contribution in [0.15, 0.2) is 22.1 Å². The molecule has 0 spiro atoms. The van der Waals surface area contributed by atoms with Crippen molar-refractivity contribution in [2.24, 2.45) is 4.99 Å². The first-order valence-corrected chi connectivity index (χ1v) is 8.36. The van der Waals surface area contributed by atoms with Crippen LogP contribution in [0.4, 0.5) is 5.82 Å². The van der Waals surface area contributed by atoms with Crippen LogP contribution in [0.25, 0.3) is 11.7 Å². The standard InChI is InChI=1S/C15H16N6O2S/c1-20(2)11-6-12(17-9-3-4-9)21-13(18-11)8(7-16-21)5-10-14(22)19-15(23)24-10/h5-7,9,22H,3-4H2,1-2H3,(H,19,23)/b8-5-,17-12?. The molecule has 124 valence electrons. The first-order valence-electron chi connectivity index (χ1n) is 7.55. The van der Waals surface area contributed by atoms with E-state index < -0.39 is 0 Å². The lowest BCUT2D eigenvalue weighted by molar-refractivity contribution is 0.455. The fourth-order valence-corrected chi connectivity index (χ4v) is 3.02. The summed E-state index contributed by atoms with van der Waals surface area (Å²) in [6.45, 7) is 0. The number of aromatic nitrogens is 4. The number of hydrogen-bond donors (Lipinski definition) is 2. The highest BCUT2D eigenvalue weighted by Crippen LogP contribution is 2.22. The molecule has 1 saturated carbocycles. The Morgan fingerprint density at radius 1 is 1.50 bits per heavy atom. The van der Waals surface area contributed by atoms with Gasteiger partial charge in [-0.3, -0.25) is 14.8 Å². The molecular weight excluding hydrogens is 328 g/mol. The van der Waals surface area contributed by atoms with Gasteiger partial charge in [-0.1, -0.05) is 11.3 Å². The van der Waals surface area contributed by atoms with E-state index in [9.17, 15) is 9.90 Å². The molecule has 1 aliphatic carbocycles. The minimum atomic E-state index is -0.304. The highest BCUT2D eigenvalue weighted by molar-refractivity contribution is 7.10. The number of nitrogens with zero attached hydrogens (tertiary/aromatic N) is 5. The van der Waals surface area contributed by atoms with Crippen LogP contribution in [0, 0.1) is 0 Å². The molecule has 0 unspecified atom stereocenters. The number of thiazole rings is 1. The maximum atomic E-state index is 11.4. The zero-order chi connectivity index (χ0) is 16.8. The molecule has 3 heterocycles. The van der Waals surface area contributed by atoms with Gasteiger partial charge in [0.05, 0.1) is 17.1 Å². The van der Waals surface area contributed by atoms with Gasteiger partial charge >= 0.3 is 4.87 Å². The average molecular weight is 344 g/mol. The van der Waals surface area contributed by atoms with E-state index >= 15 is 0 Å². The molecule has 0 bridgehead atoms. The van der Waals surface area contributed by atoms with Crippen LogP contribution in [-0.4, -0.2) is 44.8 Å². The molecule has 8 nitrogen and oxygen atoms in total. The monoisotopic (exact) mass is 344 g/mol. The van der Waals surface area contributed by atoms with Crippen molar-refractivity contribution in [1.29, 1.82) is 0 Å². The largest absolute Gasteiger partial charge is 0.493 e. The molecule has 1 fully saturated rings. The lowest BCUT2D eigenvalue weighted by Crippen LogP contribution is -2.22. The molecule has 3 aromatic heterocycles. The van der Waals surface area contributed by atoms with Gasteiger partial charge in [-0.25, -0.2) is 4.98 Å². The van der Waals surface area contributed by atoms with E-state index in [1.54, 1.807) is 16.8 Å². The predicted octanol–water partition coefficient (Wildman–Crippen LogP) is -0.139. The smallest absolute Gasteiger partial charge is 0.307 e. The molecule has 0 amide bonds. The second kappa shape index (κ2) is 5.45. The molecule has 24 heavy (non-hydrogen) atoms. The Kier molecular flexibility index (Phi) is 3.38. The Bertz CT molecular complexity index is 1090. The zero-order valence-electron chi connectivity index (χ0n) is 13.2. The predicted molar refractivity (Wildman–Crippen MR) is 91.3 cm³/mol. The number of aromatic amines is 1. The summed E-state index contributed by atoms with van der Waals surface area (Å²) < 4.78 is 1.70. The minimum absolute atomic E-state index is 0.143. The number of aromatic hydroxyl groups is 1. The first kappa shape index (κ1) is 14.9. The van der Waals surface area contributed by atoms with Gasteiger partial charge in [0.2, 0.25) is 5.88 Å². The van der Waals surface area contributed by atoms with E-state index in [4.69, 9.17) is 4.99 Å². The van der Waals surface area contributed by atoms with Gasteiger partial charge in [0, 0.05) is 25.4 Å². The van der Waals surface area contributed by atoms with Crippen molar-refractivity contribution in [3.05, 3.63) is 37.5 Å². The van der Waals surface area contributed by atoms with Crippen molar-refractivity contribution in [1.82, 2.24) is 19.6 Å². The van der Waals surface area contributed by atoms with E-state index in [2.05, 4.69) is 15.1 Å². The summed E-state index contributed by atoms with van der Waals surface area (Å²) in [6.07, 6.45) is 5.57. The van der Waals surface area contributed by atoms with E-state index in [1.165, 1.54) is 0 Å². The summed E-state index contributed by atoms with van der Waals surface area (Å²) in [5, 5.41) is 14.9. The van der Waals surface area contributed by atoms with E-state index in [0.717, 1.165) is 40.7 Å². The van der Waals surface area contributed by atoms with Gasteiger partial charge in [0.25, 0.3) is 0 Å². The molecule has 0 radical (unpaired) electrons. The number of hydrogen-bond acceptors (Lipinski definition) is 7. The van der Waals surface area contributed by atoms with Crippen molar-refractivity contribution in [3.8, 4) is 5.88 Å². The fraction of sp³-hybridized carbons (Fsp3) is 0.333. The molecule has 0 aliphatic heterocycles. The van der Waals surface area contributed by atoms with Gasteiger partial charge in [-0.2, -0.15) is 9.61 Å². The lowest BCUT2D eigenvalue weighted by Gasteiger charge is -2.11. The van der Waals surface area contributed by atoms with Crippen LogP contribution in [0.3, 0.4) is 0 Å². The summed E-state index contributed by atoms with van der Waals surface area (Å²) in [4.78, 5) is 25.1. The van der Waals surface area contributed by atoms with Gasteiger partial charge in [0.15, 0.2) is 11.1 Å². The first-order chi connectivity index (χ1) is 11.5. The van der Waals surface area contributed by atoms with E-state index in [0.29, 0.717) is 16.6 Å². The van der Waals surface area contributed by atoms with Crippen LogP contribution in [0.1, 0.15) is 17.7 Å². The van der Waals surface area contributed by atoms with Gasteiger partial charge < -0.3 is 10.0 Å². The molecule has 9 heteroatoms. The highest BCUT2D eigenvalue weighted by atomic mass is 32.1. The minimum Gasteiger partial charge on any atom is -0.493 e. The summed E-state index contributed by atoms with van der Waals surface area (Å²) >= 11 is 0.941. The molecule has 4 rings (SSSR count). The third kappa shape index (κ3) is 2.67. The quantitative estimate of drug-likeness (QED) is 0.689. The van der Waals surface area contributed by atoms with Crippen molar-refractivity contribution >= 4 is 28.9 Å². The number of fused-ring (bicyclic) bond motifs is 1. The third-order valence-corrected chi connectivity index (χ3v) is 4.55. The van der Waals surface area contributed by atoms with Crippen LogP contribution in [0.2, 0.25) is 0 Å². The second-order valence-electron chi connectivity index (χ2n) is 5.93. The highest BCUT2D eigenvalue weighted by Gasteiger charge is 2.20. The SMILES string of the molecule is CN(C)c1cc(=NC2CC2)n2nc/c(=C/c3sc(=O)[nH]c3O)c2n1. The Morgan fingerprint density at radius 2 is 2.29 bits per heavy atom. The van der Waals surface area contributed by atoms with E-state index in [1.807, 2.05) is 25.1 Å². The molecule has 0 aromatic carbocycles. The van der Waals surface area contributed by atoms with Crippen LogP contribution < -0.4 is 20.5 Å². The summed E-state index contributed by atoms with van der Waals surface area (Å²) in [7, 11) is 3.84. The Morgan fingerprint density at radius 3 is 2.92 bits per heavy atom. The fourth-order valence-electron chi connectivity index (χ4n) is 2.34.